The Labute approximate surface area is 114 Å². The van der Waals surface area contributed by atoms with Crippen molar-refractivity contribution in [3.05, 3.63) is 58.2 Å². The number of rotatable bonds is 5. The molecule has 2 aromatic rings. The molecule has 0 aliphatic carbocycles. The Morgan fingerprint density at radius 1 is 1.28 bits per heavy atom. The Hall–Kier alpha value is -1.13. The maximum absolute atomic E-state index is 13.0. The molecule has 18 heavy (non-hydrogen) atoms. The monoisotopic (exact) mass is 311 g/mol. The molecule has 0 saturated carbocycles. The van der Waals surface area contributed by atoms with E-state index in [2.05, 4.69) is 28.2 Å². The standard InChI is InChI=1S/C14H15BrFNO/c1-2-8-17-13(14-12(15)7-9-18-14)10-3-5-11(16)6-4-10/h3-7,9,13,17H,2,8H2,1H3. The first-order valence-corrected chi connectivity index (χ1v) is 6.73. The van der Waals surface area contributed by atoms with Crippen molar-refractivity contribution in [3.63, 3.8) is 0 Å². The second-order valence-electron chi connectivity index (χ2n) is 4.07. The molecule has 2 rings (SSSR count). The van der Waals surface area contributed by atoms with Crippen LogP contribution in [-0.2, 0) is 0 Å². The molecule has 0 bridgehead atoms. The van der Waals surface area contributed by atoms with Crippen molar-refractivity contribution in [2.75, 3.05) is 6.54 Å². The zero-order chi connectivity index (χ0) is 13.0. The molecule has 0 spiro atoms. The fourth-order valence-electron chi connectivity index (χ4n) is 1.82. The summed E-state index contributed by atoms with van der Waals surface area (Å²) in [5.74, 6) is 0.585. The van der Waals surface area contributed by atoms with E-state index < -0.39 is 0 Å². The quantitative estimate of drug-likeness (QED) is 0.892. The minimum atomic E-state index is -0.230. The van der Waals surface area contributed by atoms with Crippen LogP contribution in [0, 0.1) is 5.82 Å². The van der Waals surface area contributed by atoms with Crippen molar-refractivity contribution in [2.24, 2.45) is 0 Å². The van der Waals surface area contributed by atoms with E-state index in [1.54, 1.807) is 18.4 Å². The van der Waals surface area contributed by atoms with Gasteiger partial charge < -0.3 is 9.73 Å². The van der Waals surface area contributed by atoms with Gasteiger partial charge in [0.1, 0.15) is 11.6 Å². The Bertz CT molecular complexity index is 495. The highest BCUT2D eigenvalue weighted by Gasteiger charge is 2.19. The van der Waals surface area contributed by atoms with Crippen LogP contribution in [-0.4, -0.2) is 6.54 Å². The first kappa shape index (κ1) is 13.3. The topological polar surface area (TPSA) is 25.2 Å². The van der Waals surface area contributed by atoms with E-state index in [0.717, 1.165) is 28.8 Å². The molecule has 4 heteroatoms. The van der Waals surface area contributed by atoms with Crippen molar-refractivity contribution < 1.29 is 8.81 Å². The van der Waals surface area contributed by atoms with E-state index in [1.165, 1.54) is 12.1 Å². The minimum absolute atomic E-state index is 0.0603. The molecule has 0 amide bonds. The summed E-state index contributed by atoms with van der Waals surface area (Å²) < 4.78 is 19.4. The van der Waals surface area contributed by atoms with E-state index >= 15 is 0 Å². The van der Waals surface area contributed by atoms with Crippen molar-refractivity contribution in [3.8, 4) is 0 Å². The van der Waals surface area contributed by atoms with Gasteiger partial charge in [-0.2, -0.15) is 0 Å². The minimum Gasteiger partial charge on any atom is -0.466 e. The Morgan fingerprint density at radius 2 is 2.00 bits per heavy atom. The Kier molecular flexibility index (Phi) is 4.55. The lowest BCUT2D eigenvalue weighted by Gasteiger charge is -2.17. The van der Waals surface area contributed by atoms with Gasteiger partial charge in [-0.15, -0.1) is 0 Å². The Morgan fingerprint density at radius 3 is 2.56 bits per heavy atom. The first-order chi connectivity index (χ1) is 8.72. The van der Waals surface area contributed by atoms with Gasteiger partial charge in [-0.05, 0) is 52.7 Å². The third kappa shape index (κ3) is 3.00. The molecule has 0 radical (unpaired) electrons. The lowest BCUT2D eigenvalue weighted by Crippen LogP contribution is -2.23. The molecule has 96 valence electrons. The van der Waals surface area contributed by atoms with Crippen LogP contribution in [0.1, 0.15) is 30.7 Å². The Balaban J connectivity index is 2.30. The highest BCUT2D eigenvalue weighted by atomic mass is 79.9. The van der Waals surface area contributed by atoms with Crippen molar-refractivity contribution in [1.29, 1.82) is 0 Å². The fourth-order valence-corrected chi connectivity index (χ4v) is 2.25. The summed E-state index contributed by atoms with van der Waals surface area (Å²) in [5, 5.41) is 3.40. The predicted octanol–water partition coefficient (Wildman–Crippen LogP) is 4.27. The average molecular weight is 312 g/mol. The van der Waals surface area contributed by atoms with E-state index in [4.69, 9.17) is 4.42 Å². The van der Waals surface area contributed by atoms with Crippen LogP contribution < -0.4 is 5.32 Å². The lowest BCUT2D eigenvalue weighted by molar-refractivity contribution is 0.444. The first-order valence-electron chi connectivity index (χ1n) is 5.94. The highest BCUT2D eigenvalue weighted by molar-refractivity contribution is 9.10. The van der Waals surface area contributed by atoms with Crippen molar-refractivity contribution in [2.45, 2.75) is 19.4 Å². The average Bonchev–Trinajstić information content (AvgIpc) is 2.78. The summed E-state index contributed by atoms with van der Waals surface area (Å²) in [7, 11) is 0. The second-order valence-corrected chi connectivity index (χ2v) is 4.93. The molecular weight excluding hydrogens is 297 g/mol. The zero-order valence-corrected chi connectivity index (χ0v) is 11.7. The van der Waals surface area contributed by atoms with Gasteiger partial charge >= 0.3 is 0 Å². The van der Waals surface area contributed by atoms with E-state index in [1.807, 2.05) is 6.07 Å². The molecule has 0 saturated heterocycles. The number of hydrogen-bond acceptors (Lipinski definition) is 2. The maximum atomic E-state index is 13.0. The van der Waals surface area contributed by atoms with E-state index in [9.17, 15) is 4.39 Å². The van der Waals surface area contributed by atoms with Crippen LogP contribution in [0.4, 0.5) is 4.39 Å². The molecule has 1 N–H and O–H groups in total. The number of benzene rings is 1. The van der Waals surface area contributed by atoms with Crippen molar-refractivity contribution in [1.82, 2.24) is 5.32 Å². The van der Waals surface area contributed by atoms with Crippen LogP contribution in [0.15, 0.2) is 45.5 Å². The van der Waals surface area contributed by atoms with Gasteiger partial charge in [0.25, 0.3) is 0 Å². The molecule has 1 aromatic heterocycles. The van der Waals surface area contributed by atoms with Crippen LogP contribution >= 0.6 is 15.9 Å². The van der Waals surface area contributed by atoms with Gasteiger partial charge in [0.05, 0.1) is 16.8 Å². The van der Waals surface area contributed by atoms with Crippen LogP contribution in [0.2, 0.25) is 0 Å². The number of furan rings is 1. The molecule has 1 atom stereocenters. The molecule has 0 aliphatic heterocycles. The molecule has 0 fully saturated rings. The summed E-state index contributed by atoms with van der Waals surface area (Å²) in [4.78, 5) is 0. The molecule has 1 heterocycles. The highest BCUT2D eigenvalue weighted by Crippen LogP contribution is 2.29. The summed E-state index contributed by atoms with van der Waals surface area (Å²) in [6, 6.07) is 8.28. The third-order valence-electron chi connectivity index (χ3n) is 2.71. The maximum Gasteiger partial charge on any atom is 0.139 e. The lowest BCUT2D eigenvalue weighted by atomic mass is 10.0. The predicted molar refractivity (Wildman–Crippen MR) is 72.9 cm³/mol. The van der Waals surface area contributed by atoms with Gasteiger partial charge in [-0.3, -0.25) is 0 Å². The smallest absolute Gasteiger partial charge is 0.139 e. The van der Waals surface area contributed by atoms with Gasteiger partial charge in [-0.25, -0.2) is 4.39 Å². The fraction of sp³-hybridized carbons (Fsp3) is 0.286. The normalized spacial score (nSPS) is 12.6. The summed E-state index contributed by atoms with van der Waals surface area (Å²) in [5.41, 5.74) is 0.987. The molecular formula is C14H15BrFNO. The summed E-state index contributed by atoms with van der Waals surface area (Å²) in [6.07, 6.45) is 2.67. The van der Waals surface area contributed by atoms with Crippen molar-refractivity contribution >= 4 is 15.9 Å². The number of hydrogen-bond donors (Lipinski definition) is 1. The number of nitrogens with one attached hydrogen (secondary N) is 1. The molecule has 0 aliphatic rings. The number of halogens is 2. The molecule has 1 aromatic carbocycles. The molecule has 2 nitrogen and oxygen atoms in total. The van der Waals surface area contributed by atoms with E-state index in [-0.39, 0.29) is 11.9 Å². The van der Waals surface area contributed by atoms with Crippen LogP contribution in [0.25, 0.3) is 0 Å². The largest absolute Gasteiger partial charge is 0.466 e. The third-order valence-corrected chi connectivity index (χ3v) is 3.36. The zero-order valence-electron chi connectivity index (χ0n) is 10.1. The summed E-state index contributed by atoms with van der Waals surface area (Å²) >= 11 is 3.46. The van der Waals surface area contributed by atoms with Gasteiger partial charge in [-0.1, -0.05) is 19.1 Å². The second kappa shape index (κ2) is 6.16. The van der Waals surface area contributed by atoms with Gasteiger partial charge in [0.15, 0.2) is 0 Å². The van der Waals surface area contributed by atoms with E-state index in [0.29, 0.717) is 0 Å². The van der Waals surface area contributed by atoms with Crippen LogP contribution in [0.5, 0.6) is 0 Å². The van der Waals surface area contributed by atoms with Gasteiger partial charge in [0, 0.05) is 0 Å². The van der Waals surface area contributed by atoms with Crippen LogP contribution in [0.3, 0.4) is 0 Å². The SMILES string of the molecule is CCCNC(c1ccc(F)cc1)c1occc1Br. The van der Waals surface area contributed by atoms with Gasteiger partial charge in [0.2, 0.25) is 0 Å². The summed E-state index contributed by atoms with van der Waals surface area (Å²) in [6.45, 7) is 2.97. The molecule has 1 unspecified atom stereocenters.